The Balaban J connectivity index is 2.33. The van der Waals surface area contributed by atoms with Gasteiger partial charge in [0.15, 0.2) is 0 Å². The lowest BCUT2D eigenvalue weighted by molar-refractivity contribution is -0.136. The third-order valence-corrected chi connectivity index (χ3v) is 2.74. The minimum atomic E-state index is -0.987. The summed E-state index contributed by atoms with van der Waals surface area (Å²) in [7, 11) is 0. The van der Waals surface area contributed by atoms with Gasteiger partial charge in [0, 0.05) is 11.8 Å². The zero-order valence-corrected chi connectivity index (χ0v) is 9.99. The highest BCUT2D eigenvalue weighted by Crippen LogP contribution is 2.24. The molecule has 2 rings (SSSR count). The van der Waals surface area contributed by atoms with Gasteiger partial charge >= 0.3 is 5.97 Å². The molecule has 5 heteroatoms. The number of hydrogen-bond acceptors (Lipinski definition) is 2. The Morgan fingerprint density at radius 1 is 1.28 bits per heavy atom. The molecule has 0 fully saturated rings. The molecule has 0 aliphatic rings. The largest absolute Gasteiger partial charge is 0.481 e. The molecule has 0 aliphatic heterocycles. The van der Waals surface area contributed by atoms with Crippen LogP contribution in [0, 0.1) is 5.82 Å². The molecule has 1 aromatic heterocycles. The summed E-state index contributed by atoms with van der Waals surface area (Å²) >= 11 is 5.95. The summed E-state index contributed by atoms with van der Waals surface area (Å²) in [5, 5.41) is 8.96. The molecule has 1 aromatic carbocycles. The van der Waals surface area contributed by atoms with E-state index in [1.807, 2.05) is 0 Å². The quantitative estimate of drug-likeness (QED) is 0.927. The van der Waals surface area contributed by atoms with E-state index in [0.29, 0.717) is 16.3 Å². The van der Waals surface area contributed by atoms with Crippen molar-refractivity contribution in [1.29, 1.82) is 0 Å². The highest BCUT2D eigenvalue weighted by atomic mass is 35.5. The normalized spacial score (nSPS) is 10.3. The van der Waals surface area contributed by atoms with Crippen LogP contribution >= 0.6 is 11.6 Å². The summed E-state index contributed by atoms with van der Waals surface area (Å²) in [5.41, 5.74) is 1.80. The fourth-order valence-electron chi connectivity index (χ4n) is 1.54. The van der Waals surface area contributed by atoms with Gasteiger partial charge in [-0.05, 0) is 23.8 Å². The van der Waals surface area contributed by atoms with Crippen molar-refractivity contribution in [3.63, 3.8) is 0 Å². The van der Waals surface area contributed by atoms with E-state index in [1.165, 1.54) is 18.3 Å². The zero-order valence-electron chi connectivity index (χ0n) is 9.23. The molecule has 1 N–H and O–H groups in total. The van der Waals surface area contributed by atoms with E-state index in [1.54, 1.807) is 18.2 Å². The van der Waals surface area contributed by atoms with E-state index in [4.69, 9.17) is 16.7 Å². The number of aromatic nitrogens is 1. The number of hydrogen-bond donors (Lipinski definition) is 1. The fraction of sp³-hybridized carbons (Fsp3) is 0.0769. The number of carboxylic acid groups (broad SMARTS) is 1. The maximum absolute atomic E-state index is 12.8. The molecule has 0 unspecified atom stereocenters. The number of carboxylic acids is 1. The van der Waals surface area contributed by atoms with Crippen molar-refractivity contribution in [2.24, 2.45) is 0 Å². The van der Waals surface area contributed by atoms with Gasteiger partial charge in [-0.25, -0.2) is 4.39 Å². The number of carbonyl (C=O) groups is 1. The Labute approximate surface area is 108 Å². The van der Waals surface area contributed by atoms with Crippen molar-refractivity contribution in [2.75, 3.05) is 0 Å². The topological polar surface area (TPSA) is 50.2 Å². The van der Waals surface area contributed by atoms with Crippen LogP contribution in [0.3, 0.4) is 0 Å². The predicted molar refractivity (Wildman–Crippen MR) is 66.0 cm³/mol. The van der Waals surface area contributed by atoms with Gasteiger partial charge in [-0.1, -0.05) is 23.7 Å². The van der Waals surface area contributed by atoms with Crippen LogP contribution in [-0.4, -0.2) is 16.1 Å². The molecule has 1 heterocycles. The van der Waals surface area contributed by atoms with Crippen molar-refractivity contribution < 1.29 is 14.3 Å². The van der Waals surface area contributed by atoms with Crippen LogP contribution in [0.5, 0.6) is 0 Å². The van der Waals surface area contributed by atoms with Gasteiger partial charge in [0.2, 0.25) is 0 Å². The van der Waals surface area contributed by atoms with Crippen molar-refractivity contribution in [3.8, 4) is 11.1 Å². The van der Waals surface area contributed by atoms with Gasteiger partial charge in [0.05, 0.1) is 17.1 Å². The first-order valence-electron chi connectivity index (χ1n) is 5.18. The number of rotatable bonds is 3. The van der Waals surface area contributed by atoms with E-state index in [-0.39, 0.29) is 12.2 Å². The first-order chi connectivity index (χ1) is 8.56. The number of benzene rings is 1. The Morgan fingerprint density at radius 3 is 2.50 bits per heavy atom. The van der Waals surface area contributed by atoms with Crippen molar-refractivity contribution in [2.45, 2.75) is 6.42 Å². The summed E-state index contributed by atoms with van der Waals surface area (Å²) in [6.45, 7) is 0. The van der Waals surface area contributed by atoms with Gasteiger partial charge < -0.3 is 5.11 Å². The predicted octanol–water partition coefficient (Wildman–Crippen LogP) is 3.17. The molecule has 18 heavy (non-hydrogen) atoms. The number of halogens is 2. The maximum Gasteiger partial charge on any atom is 0.309 e. The summed E-state index contributed by atoms with van der Waals surface area (Å²) in [6, 6.07) is 7.53. The third kappa shape index (κ3) is 2.84. The molecule has 3 nitrogen and oxygen atoms in total. The van der Waals surface area contributed by atoms with Gasteiger partial charge in [-0.15, -0.1) is 0 Å². The molecule has 0 saturated heterocycles. The summed E-state index contributed by atoms with van der Waals surface area (Å²) < 4.78 is 12.8. The zero-order chi connectivity index (χ0) is 13.1. The van der Waals surface area contributed by atoms with Crippen LogP contribution in [0.25, 0.3) is 11.1 Å². The van der Waals surface area contributed by atoms with Crippen molar-refractivity contribution in [1.82, 2.24) is 4.98 Å². The SMILES string of the molecule is O=C(O)Cc1ncc(-c2ccc(F)cc2)cc1Cl. The smallest absolute Gasteiger partial charge is 0.309 e. The second-order valence-electron chi connectivity index (χ2n) is 3.73. The van der Waals surface area contributed by atoms with E-state index >= 15 is 0 Å². The molecule has 0 amide bonds. The Kier molecular flexibility index (Phi) is 3.58. The van der Waals surface area contributed by atoms with Crippen LogP contribution in [-0.2, 0) is 11.2 Å². The summed E-state index contributed by atoms with van der Waals surface area (Å²) in [6.07, 6.45) is 1.31. The van der Waals surface area contributed by atoms with E-state index in [9.17, 15) is 9.18 Å². The molecule has 0 aliphatic carbocycles. The first-order valence-corrected chi connectivity index (χ1v) is 5.56. The molecule has 92 valence electrons. The number of nitrogens with zero attached hydrogens (tertiary/aromatic N) is 1. The van der Waals surface area contributed by atoms with Crippen LogP contribution in [0.2, 0.25) is 5.02 Å². The molecule has 0 radical (unpaired) electrons. The minimum Gasteiger partial charge on any atom is -0.481 e. The molecular formula is C13H9ClFNO2. The van der Waals surface area contributed by atoms with Gasteiger partial charge in [-0.2, -0.15) is 0 Å². The summed E-state index contributed by atoms with van der Waals surface area (Å²) in [4.78, 5) is 14.6. The highest BCUT2D eigenvalue weighted by Gasteiger charge is 2.08. The lowest BCUT2D eigenvalue weighted by Crippen LogP contribution is -2.03. The average molecular weight is 266 g/mol. The number of aliphatic carboxylic acids is 1. The van der Waals surface area contributed by atoms with Crippen LogP contribution in [0.1, 0.15) is 5.69 Å². The van der Waals surface area contributed by atoms with Gasteiger partial charge in [0.1, 0.15) is 5.82 Å². The van der Waals surface area contributed by atoms with Crippen LogP contribution < -0.4 is 0 Å². The Hall–Kier alpha value is -1.94. The lowest BCUT2D eigenvalue weighted by atomic mass is 10.1. The second-order valence-corrected chi connectivity index (χ2v) is 4.14. The maximum atomic E-state index is 12.8. The first kappa shape index (κ1) is 12.5. The molecule has 0 saturated carbocycles. The molecule has 2 aromatic rings. The number of pyridine rings is 1. The van der Waals surface area contributed by atoms with Crippen LogP contribution in [0.15, 0.2) is 36.5 Å². The monoisotopic (exact) mass is 265 g/mol. The molecule has 0 atom stereocenters. The standard InChI is InChI=1S/C13H9ClFNO2/c14-11-5-9(7-16-12(11)6-13(17)18)8-1-3-10(15)4-2-8/h1-5,7H,6H2,(H,17,18). The second kappa shape index (κ2) is 5.14. The van der Waals surface area contributed by atoms with Crippen LogP contribution in [0.4, 0.5) is 4.39 Å². The fourth-order valence-corrected chi connectivity index (χ4v) is 1.77. The third-order valence-electron chi connectivity index (χ3n) is 2.41. The van der Waals surface area contributed by atoms with Crippen molar-refractivity contribution in [3.05, 3.63) is 53.1 Å². The average Bonchev–Trinajstić information content (AvgIpc) is 2.32. The molecule has 0 spiro atoms. The minimum absolute atomic E-state index is 0.220. The summed E-state index contributed by atoms with van der Waals surface area (Å²) in [5.74, 6) is -1.31. The van der Waals surface area contributed by atoms with Crippen molar-refractivity contribution >= 4 is 17.6 Å². The molecular weight excluding hydrogens is 257 g/mol. The van der Waals surface area contributed by atoms with Gasteiger partial charge in [0.25, 0.3) is 0 Å². The highest BCUT2D eigenvalue weighted by molar-refractivity contribution is 6.31. The Bertz CT molecular complexity index is 584. The van der Waals surface area contributed by atoms with E-state index in [2.05, 4.69) is 4.98 Å². The Morgan fingerprint density at radius 2 is 1.94 bits per heavy atom. The molecule has 0 bridgehead atoms. The van der Waals surface area contributed by atoms with E-state index in [0.717, 1.165) is 5.56 Å². The van der Waals surface area contributed by atoms with E-state index < -0.39 is 5.97 Å². The van der Waals surface area contributed by atoms with Gasteiger partial charge in [-0.3, -0.25) is 9.78 Å². The lowest BCUT2D eigenvalue weighted by Gasteiger charge is -2.05.